The molecule has 1 aliphatic carbocycles. The standard InChI is InChI=1S/C25H27Cl2N3O/c1-4-21-24(18-12-10-16(26)13-20(18)27)28-22(5-2)25(29-21)30-23-8-6-7-15-9-11-17(31-3)14-19(15)23/h9-14,23H,4-8H2,1-3H3,(H,29,30). The lowest BCUT2D eigenvalue weighted by atomic mass is 9.87. The molecule has 4 nitrogen and oxygen atoms in total. The molecule has 0 amide bonds. The molecule has 1 aromatic heterocycles. The Morgan fingerprint density at radius 3 is 2.55 bits per heavy atom. The highest BCUT2D eigenvalue weighted by Crippen LogP contribution is 2.37. The lowest BCUT2D eigenvalue weighted by molar-refractivity contribution is 0.413. The van der Waals surface area contributed by atoms with Crippen molar-refractivity contribution < 1.29 is 4.74 Å². The average Bonchev–Trinajstić information content (AvgIpc) is 2.79. The van der Waals surface area contributed by atoms with Crippen molar-refractivity contribution in [1.29, 1.82) is 0 Å². The third kappa shape index (κ3) is 4.51. The van der Waals surface area contributed by atoms with E-state index in [4.69, 9.17) is 37.9 Å². The van der Waals surface area contributed by atoms with Crippen molar-refractivity contribution in [2.75, 3.05) is 12.4 Å². The van der Waals surface area contributed by atoms with E-state index >= 15 is 0 Å². The minimum absolute atomic E-state index is 0.188. The second-order valence-corrected chi connectivity index (χ2v) is 8.64. The largest absolute Gasteiger partial charge is 0.497 e. The second kappa shape index (κ2) is 9.46. The fraction of sp³-hybridized carbons (Fsp3) is 0.360. The topological polar surface area (TPSA) is 47.0 Å². The molecule has 31 heavy (non-hydrogen) atoms. The Kier molecular flexibility index (Phi) is 6.68. The summed E-state index contributed by atoms with van der Waals surface area (Å²) in [5.41, 5.74) is 6.22. The molecule has 0 aliphatic heterocycles. The van der Waals surface area contributed by atoms with Crippen molar-refractivity contribution >= 4 is 29.0 Å². The highest BCUT2D eigenvalue weighted by atomic mass is 35.5. The molecule has 1 heterocycles. The Labute approximate surface area is 194 Å². The first-order chi connectivity index (χ1) is 15.0. The number of rotatable bonds is 6. The summed E-state index contributed by atoms with van der Waals surface area (Å²) in [6, 6.07) is 12.1. The Bertz CT molecular complexity index is 1100. The van der Waals surface area contributed by atoms with Gasteiger partial charge >= 0.3 is 0 Å². The molecule has 1 atom stereocenters. The van der Waals surface area contributed by atoms with Crippen LogP contribution in [-0.4, -0.2) is 17.1 Å². The zero-order valence-electron chi connectivity index (χ0n) is 18.1. The third-order valence-corrected chi connectivity index (χ3v) is 6.42. The molecule has 3 aromatic rings. The number of benzene rings is 2. The minimum atomic E-state index is 0.188. The SMILES string of the molecule is CCc1nc(-c2ccc(Cl)cc2Cl)c(CC)nc1NC1CCCc2ccc(OC)cc21. The third-order valence-electron chi connectivity index (χ3n) is 5.87. The highest BCUT2D eigenvalue weighted by Gasteiger charge is 2.23. The molecule has 1 unspecified atom stereocenters. The Hall–Kier alpha value is -2.30. The minimum Gasteiger partial charge on any atom is -0.497 e. The van der Waals surface area contributed by atoms with Crippen molar-refractivity contribution in [1.82, 2.24) is 9.97 Å². The van der Waals surface area contributed by atoms with Crippen molar-refractivity contribution in [2.24, 2.45) is 0 Å². The van der Waals surface area contributed by atoms with Crippen LogP contribution >= 0.6 is 23.2 Å². The van der Waals surface area contributed by atoms with Crippen molar-refractivity contribution in [3.63, 3.8) is 0 Å². The van der Waals surface area contributed by atoms with E-state index in [1.807, 2.05) is 18.2 Å². The van der Waals surface area contributed by atoms with Gasteiger partial charge < -0.3 is 10.1 Å². The number of aromatic nitrogens is 2. The molecule has 0 saturated carbocycles. The first kappa shape index (κ1) is 21.9. The molecule has 6 heteroatoms. The molecule has 4 rings (SSSR count). The maximum Gasteiger partial charge on any atom is 0.148 e. The number of hydrogen-bond acceptors (Lipinski definition) is 4. The molecule has 1 N–H and O–H groups in total. The number of nitrogens with one attached hydrogen (secondary N) is 1. The summed E-state index contributed by atoms with van der Waals surface area (Å²) in [5.74, 6) is 1.74. The van der Waals surface area contributed by atoms with E-state index in [0.717, 1.165) is 66.3 Å². The number of aryl methyl sites for hydroxylation is 3. The predicted molar refractivity (Wildman–Crippen MR) is 129 cm³/mol. The van der Waals surface area contributed by atoms with Crippen molar-refractivity contribution in [3.05, 3.63) is 69.0 Å². The Morgan fingerprint density at radius 2 is 1.84 bits per heavy atom. The fourth-order valence-corrected chi connectivity index (χ4v) is 4.73. The van der Waals surface area contributed by atoms with Gasteiger partial charge in [-0.3, -0.25) is 0 Å². The van der Waals surface area contributed by atoms with E-state index < -0.39 is 0 Å². The summed E-state index contributed by atoms with van der Waals surface area (Å²) in [6.07, 6.45) is 4.82. The van der Waals surface area contributed by atoms with Crippen LogP contribution in [0, 0.1) is 0 Å². The predicted octanol–water partition coefficient (Wildman–Crippen LogP) is 7.07. The molecule has 0 fully saturated rings. The van der Waals surface area contributed by atoms with Gasteiger partial charge in [0.1, 0.15) is 11.6 Å². The highest BCUT2D eigenvalue weighted by molar-refractivity contribution is 6.36. The number of nitrogens with zero attached hydrogens (tertiary/aromatic N) is 2. The maximum absolute atomic E-state index is 6.49. The quantitative estimate of drug-likeness (QED) is 0.431. The molecular weight excluding hydrogens is 429 g/mol. The Balaban J connectivity index is 1.74. The molecular formula is C25H27Cl2N3O. The second-order valence-electron chi connectivity index (χ2n) is 7.80. The number of ether oxygens (including phenoxy) is 1. The Morgan fingerprint density at radius 1 is 1.03 bits per heavy atom. The van der Waals surface area contributed by atoms with Crippen LogP contribution in [0.4, 0.5) is 5.82 Å². The van der Waals surface area contributed by atoms with Gasteiger partial charge in [0.15, 0.2) is 0 Å². The summed E-state index contributed by atoms with van der Waals surface area (Å²) < 4.78 is 5.47. The molecule has 0 spiro atoms. The zero-order chi connectivity index (χ0) is 22.0. The number of anilines is 1. The lowest BCUT2D eigenvalue weighted by Gasteiger charge is -2.28. The maximum atomic E-state index is 6.49. The number of fused-ring (bicyclic) bond motifs is 1. The van der Waals surface area contributed by atoms with Crippen LogP contribution in [-0.2, 0) is 19.3 Å². The van der Waals surface area contributed by atoms with E-state index in [0.29, 0.717) is 10.0 Å². The van der Waals surface area contributed by atoms with Crippen LogP contribution in [0.25, 0.3) is 11.3 Å². The van der Waals surface area contributed by atoms with Gasteiger partial charge in [0.05, 0.1) is 35.3 Å². The summed E-state index contributed by atoms with van der Waals surface area (Å²) in [7, 11) is 1.71. The summed E-state index contributed by atoms with van der Waals surface area (Å²) in [4.78, 5) is 10.0. The van der Waals surface area contributed by atoms with Gasteiger partial charge in [0.2, 0.25) is 0 Å². The molecule has 0 bridgehead atoms. The number of hydrogen-bond donors (Lipinski definition) is 1. The van der Waals surface area contributed by atoms with E-state index in [1.54, 1.807) is 13.2 Å². The fourth-order valence-electron chi connectivity index (χ4n) is 4.23. The first-order valence-corrected chi connectivity index (χ1v) is 11.6. The lowest BCUT2D eigenvalue weighted by Crippen LogP contribution is -2.20. The molecule has 0 saturated heterocycles. The van der Waals surface area contributed by atoms with Crippen LogP contribution in [0.1, 0.15) is 55.2 Å². The van der Waals surface area contributed by atoms with Crippen LogP contribution in [0.2, 0.25) is 10.0 Å². The van der Waals surface area contributed by atoms with Gasteiger partial charge in [-0.05, 0) is 73.6 Å². The van der Waals surface area contributed by atoms with Crippen LogP contribution in [0.5, 0.6) is 5.75 Å². The van der Waals surface area contributed by atoms with E-state index in [2.05, 4.69) is 31.3 Å². The molecule has 0 radical (unpaired) electrons. The number of halogens is 2. The number of methoxy groups -OCH3 is 1. The molecule has 2 aromatic carbocycles. The van der Waals surface area contributed by atoms with Gasteiger partial charge in [-0.2, -0.15) is 0 Å². The zero-order valence-corrected chi connectivity index (χ0v) is 19.6. The smallest absolute Gasteiger partial charge is 0.148 e. The van der Waals surface area contributed by atoms with Crippen molar-refractivity contribution in [3.8, 4) is 17.0 Å². The van der Waals surface area contributed by atoms with Gasteiger partial charge in [-0.15, -0.1) is 0 Å². The van der Waals surface area contributed by atoms with Gasteiger partial charge in [-0.25, -0.2) is 9.97 Å². The van der Waals surface area contributed by atoms with Crippen LogP contribution in [0.15, 0.2) is 36.4 Å². The molecule has 1 aliphatic rings. The van der Waals surface area contributed by atoms with Gasteiger partial charge in [0.25, 0.3) is 0 Å². The van der Waals surface area contributed by atoms with Crippen LogP contribution < -0.4 is 10.1 Å². The summed E-state index contributed by atoms with van der Waals surface area (Å²) in [6.45, 7) is 4.19. The van der Waals surface area contributed by atoms with Crippen molar-refractivity contribution in [2.45, 2.75) is 52.0 Å². The van der Waals surface area contributed by atoms with Gasteiger partial charge in [0, 0.05) is 10.6 Å². The summed E-state index contributed by atoms with van der Waals surface area (Å²) in [5, 5.41) is 4.90. The molecule has 162 valence electrons. The van der Waals surface area contributed by atoms with E-state index in [1.165, 1.54) is 11.1 Å². The first-order valence-electron chi connectivity index (χ1n) is 10.8. The van der Waals surface area contributed by atoms with E-state index in [-0.39, 0.29) is 6.04 Å². The van der Waals surface area contributed by atoms with E-state index in [9.17, 15) is 0 Å². The monoisotopic (exact) mass is 455 g/mol. The average molecular weight is 456 g/mol. The summed E-state index contributed by atoms with van der Waals surface area (Å²) >= 11 is 12.6. The van der Waals surface area contributed by atoms with Crippen LogP contribution in [0.3, 0.4) is 0 Å². The normalized spacial score (nSPS) is 15.5. The van der Waals surface area contributed by atoms with Gasteiger partial charge in [-0.1, -0.05) is 43.1 Å².